The van der Waals surface area contributed by atoms with Gasteiger partial charge in [-0.1, -0.05) is 30.3 Å². The maximum absolute atomic E-state index is 4.39. The third-order valence-corrected chi connectivity index (χ3v) is 3.91. The van der Waals surface area contributed by atoms with Gasteiger partial charge >= 0.3 is 0 Å². The van der Waals surface area contributed by atoms with E-state index in [1.54, 1.807) is 12.4 Å². The van der Waals surface area contributed by atoms with E-state index in [4.69, 9.17) is 0 Å². The lowest BCUT2D eigenvalue weighted by Crippen LogP contribution is -2.13. The van der Waals surface area contributed by atoms with E-state index in [1.807, 2.05) is 36.5 Å². The number of para-hydroxylation sites is 1. The van der Waals surface area contributed by atoms with Crippen molar-refractivity contribution < 1.29 is 0 Å². The van der Waals surface area contributed by atoms with Crippen molar-refractivity contribution in [2.75, 3.05) is 5.32 Å². The molecule has 4 aromatic rings. The average Bonchev–Trinajstić information content (AvgIpc) is 3.05. The number of hydrogen-bond donors (Lipinski definition) is 2. The predicted molar refractivity (Wildman–Crippen MR) is 92.2 cm³/mol. The molecule has 0 amide bonds. The van der Waals surface area contributed by atoms with Gasteiger partial charge in [0.15, 0.2) is 0 Å². The molecule has 23 heavy (non-hydrogen) atoms. The molecule has 1 aromatic carbocycles. The molecule has 0 aliphatic carbocycles. The van der Waals surface area contributed by atoms with Crippen LogP contribution in [0.25, 0.3) is 10.9 Å². The van der Waals surface area contributed by atoms with Gasteiger partial charge in [0.25, 0.3) is 0 Å². The standard InChI is InChI=1S/C19H16N4/c1-2-8-17-15(7-1)16(13-22-17)19(14-6-5-10-20-12-14)23-18-9-3-4-11-21-18/h1-13,19,22H,(H,21,23). The van der Waals surface area contributed by atoms with E-state index in [2.05, 4.69) is 50.7 Å². The van der Waals surface area contributed by atoms with Crippen molar-refractivity contribution in [3.63, 3.8) is 0 Å². The van der Waals surface area contributed by atoms with Crippen LogP contribution < -0.4 is 5.32 Å². The van der Waals surface area contributed by atoms with Crippen molar-refractivity contribution >= 4 is 16.7 Å². The van der Waals surface area contributed by atoms with E-state index in [0.29, 0.717) is 0 Å². The highest BCUT2D eigenvalue weighted by Gasteiger charge is 2.18. The molecule has 112 valence electrons. The number of nitrogens with one attached hydrogen (secondary N) is 2. The van der Waals surface area contributed by atoms with Gasteiger partial charge in [-0.2, -0.15) is 0 Å². The normalized spacial score (nSPS) is 12.2. The van der Waals surface area contributed by atoms with Gasteiger partial charge < -0.3 is 10.3 Å². The Balaban J connectivity index is 1.82. The van der Waals surface area contributed by atoms with Gasteiger partial charge in [0.1, 0.15) is 5.82 Å². The van der Waals surface area contributed by atoms with Crippen molar-refractivity contribution in [2.24, 2.45) is 0 Å². The number of nitrogens with zero attached hydrogens (tertiary/aromatic N) is 2. The molecule has 0 saturated heterocycles. The van der Waals surface area contributed by atoms with Gasteiger partial charge in [-0.05, 0) is 29.8 Å². The number of fused-ring (bicyclic) bond motifs is 1. The number of H-pyrrole nitrogens is 1. The quantitative estimate of drug-likeness (QED) is 0.595. The Morgan fingerprint density at radius 2 is 1.83 bits per heavy atom. The topological polar surface area (TPSA) is 53.6 Å². The van der Waals surface area contributed by atoms with E-state index >= 15 is 0 Å². The molecule has 0 spiro atoms. The molecule has 2 N–H and O–H groups in total. The second-order valence-electron chi connectivity index (χ2n) is 5.37. The highest BCUT2D eigenvalue weighted by Crippen LogP contribution is 2.31. The first-order chi connectivity index (χ1) is 11.4. The number of aromatic nitrogens is 3. The van der Waals surface area contributed by atoms with Crippen molar-refractivity contribution in [1.29, 1.82) is 0 Å². The van der Waals surface area contributed by atoms with Gasteiger partial charge in [0.2, 0.25) is 0 Å². The first-order valence-corrected chi connectivity index (χ1v) is 7.55. The SMILES string of the molecule is c1ccc(NC(c2cccnc2)c2c[nH]c3ccccc23)nc1. The number of rotatable bonds is 4. The molecule has 0 saturated carbocycles. The Kier molecular flexibility index (Phi) is 3.48. The third kappa shape index (κ3) is 2.66. The van der Waals surface area contributed by atoms with Crippen LogP contribution in [0.2, 0.25) is 0 Å². The van der Waals surface area contributed by atoms with E-state index < -0.39 is 0 Å². The fourth-order valence-corrected chi connectivity index (χ4v) is 2.82. The number of anilines is 1. The zero-order chi connectivity index (χ0) is 15.5. The fourth-order valence-electron chi connectivity index (χ4n) is 2.82. The number of hydrogen-bond acceptors (Lipinski definition) is 3. The maximum atomic E-state index is 4.39. The van der Waals surface area contributed by atoms with Crippen molar-refractivity contribution in [3.8, 4) is 0 Å². The zero-order valence-electron chi connectivity index (χ0n) is 12.5. The number of pyridine rings is 2. The molecule has 3 aromatic heterocycles. The monoisotopic (exact) mass is 300 g/mol. The van der Waals surface area contributed by atoms with Crippen LogP contribution in [-0.4, -0.2) is 15.0 Å². The lowest BCUT2D eigenvalue weighted by atomic mass is 9.99. The van der Waals surface area contributed by atoms with Crippen LogP contribution in [0, 0.1) is 0 Å². The lowest BCUT2D eigenvalue weighted by Gasteiger charge is -2.19. The molecule has 0 fully saturated rings. The second kappa shape index (κ2) is 5.93. The molecule has 1 atom stereocenters. The summed E-state index contributed by atoms with van der Waals surface area (Å²) in [6.45, 7) is 0. The summed E-state index contributed by atoms with van der Waals surface area (Å²) >= 11 is 0. The molecule has 0 aliphatic heterocycles. The molecule has 4 heteroatoms. The average molecular weight is 300 g/mol. The Morgan fingerprint density at radius 3 is 2.65 bits per heavy atom. The highest BCUT2D eigenvalue weighted by atomic mass is 15.0. The summed E-state index contributed by atoms with van der Waals surface area (Å²) in [5, 5.41) is 4.72. The molecular formula is C19H16N4. The Labute approximate surface area is 134 Å². The maximum Gasteiger partial charge on any atom is 0.126 e. The van der Waals surface area contributed by atoms with Gasteiger partial charge in [-0.25, -0.2) is 4.98 Å². The molecule has 4 rings (SSSR count). The van der Waals surface area contributed by atoms with E-state index in [-0.39, 0.29) is 6.04 Å². The summed E-state index contributed by atoms with van der Waals surface area (Å²) < 4.78 is 0. The zero-order valence-corrected chi connectivity index (χ0v) is 12.5. The molecule has 0 aliphatic rings. The van der Waals surface area contributed by atoms with Crippen LogP contribution in [0.1, 0.15) is 17.2 Å². The Hall–Kier alpha value is -3.14. The van der Waals surface area contributed by atoms with Crippen molar-refractivity contribution in [1.82, 2.24) is 15.0 Å². The molecule has 4 nitrogen and oxygen atoms in total. The minimum Gasteiger partial charge on any atom is -0.361 e. The molecule has 0 bridgehead atoms. The van der Waals surface area contributed by atoms with Crippen LogP contribution in [-0.2, 0) is 0 Å². The van der Waals surface area contributed by atoms with Gasteiger partial charge in [-0.3, -0.25) is 4.98 Å². The van der Waals surface area contributed by atoms with E-state index in [9.17, 15) is 0 Å². The summed E-state index contributed by atoms with van der Waals surface area (Å²) in [7, 11) is 0. The van der Waals surface area contributed by atoms with Crippen LogP contribution in [0.4, 0.5) is 5.82 Å². The summed E-state index contributed by atoms with van der Waals surface area (Å²) in [4.78, 5) is 12.0. The van der Waals surface area contributed by atoms with Crippen molar-refractivity contribution in [3.05, 3.63) is 90.5 Å². The Morgan fingerprint density at radius 1 is 0.913 bits per heavy atom. The van der Waals surface area contributed by atoms with Gasteiger partial charge in [-0.15, -0.1) is 0 Å². The highest BCUT2D eigenvalue weighted by molar-refractivity contribution is 5.84. The molecule has 3 heterocycles. The Bertz CT molecular complexity index is 900. The second-order valence-corrected chi connectivity index (χ2v) is 5.37. The summed E-state index contributed by atoms with van der Waals surface area (Å²) in [6.07, 6.45) is 7.52. The minimum absolute atomic E-state index is 0.0188. The predicted octanol–water partition coefficient (Wildman–Crippen LogP) is 4.16. The van der Waals surface area contributed by atoms with E-state index in [1.165, 1.54) is 10.9 Å². The molecule has 0 radical (unpaired) electrons. The summed E-state index contributed by atoms with van der Waals surface area (Å²) in [5.41, 5.74) is 3.40. The third-order valence-electron chi connectivity index (χ3n) is 3.91. The van der Waals surface area contributed by atoms with Crippen molar-refractivity contribution in [2.45, 2.75) is 6.04 Å². The smallest absolute Gasteiger partial charge is 0.126 e. The van der Waals surface area contributed by atoms with Gasteiger partial charge in [0, 0.05) is 41.3 Å². The summed E-state index contributed by atoms with van der Waals surface area (Å²) in [6, 6.07) is 18.2. The summed E-state index contributed by atoms with van der Waals surface area (Å²) in [5.74, 6) is 0.839. The minimum atomic E-state index is -0.0188. The molecule has 1 unspecified atom stereocenters. The molecular weight excluding hydrogens is 284 g/mol. The van der Waals surface area contributed by atoms with E-state index in [0.717, 1.165) is 16.9 Å². The van der Waals surface area contributed by atoms with Crippen LogP contribution in [0.5, 0.6) is 0 Å². The number of aromatic amines is 1. The lowest BCUT2D eigenvalue weighted by molar-refractivity contribution is 0.924. The largest absolute Gasteiger partial charge is 0.361 e. The van der Waals surface area contributed by atoms with Gasteiger partial charge in [0.05, 0.1) is 6.04 Å². The van der Waals surface area contributed by atoms with Crippen LogP contribution >= 0.6 is 0 Å². The first-order valence-electron chi connectivity index (χ1n) is 7.55. The van der Waals surface area contributed by atoms with Crippen LogP contribution in [0.15, 0.2) is 79.4 Å². The number of benzene rings is 1. The fraction of sp³-hybridized carbons (Fsp3) is 0.0526. The van der Waals surface area contributed by atoms with Crippen LogP contribution in [0.3, 0.4) is 0 Å². The first kappa shape index (κ1) is 13.5.